The van der Waals surface area contributed by atoms with Gasteiger partial charge in [-0.1, -0.05) is 12.1 Å². The van der Waals surface area contributed by atoms with E-state index in [1.165, 1.54) is 24.3 Å². The van der Waals surface area contributed by atoms with Crippen LogP contribution in [0.5, 0.6) is 5.88 Å². The highest BCUT2D eigenvalue weighted by atomic mass is 19.1. The van der Waals surface area contributed by atoms with Crippen LogP contribution in [-0.2, 0) is 0 Å². The van der Waals surface area contributed by atoms with Crippen LogP contribution in [0.15, 0.2) is 29.1 Å². The van der Waals surface area contributed by atoms with Gasteiger partial charge in [0.25, 0.3) is 5.56 Å². The van der Waals surface area contributed by atoms with Gasteiger partial charge in [0.15, 0.2) is 0 Å². The van der Waals surface area contributed by atoms with Crippen LogP contribution >= 0.6 is 0 Å². The van der Waals surface area contributed by atoms with E-state index in [4.69, 9.17) is 0 Å². The van der Waals surface area contributed by atoms with E-state index in [0.717, 1.165) is 4.52 Å². The molecule has 0 saturated carbocycles. The molecule has 96 valence electrons. The fraction of sp³-hybridized carbons (Fsp3) is 0.0833. The topological polar surface area (TPSA) is 83.3 Å². The number of aromatic nitrogens is 4. The van der Waals surface area contributed by atoms with Crippen LogP contribution in [0, 0.1) is 12.7 Å². The summed E-state index contributed by atoms with van der Waals surface area (Å²) >= 11 is 0. The molecule has 0 spiro atoms. The van der Waals surface area contributed by atoms with Crippen molar-refractivity contribution in [3.63, 3.8) is 0 Å². The zero-order chi connectivity index (χ0) is 13.6. The Labute approximate surface area is 106 Å². The Morgan fingerprint density at radius 1 is 1.32 bits per heavy atom. The highest BCUT2D eigenvalue weighted by Gasteiger charge is 2.16. The lowest BCUT2D eigenvalue weighted by atomic mass is 10.1. The average Bonchev–Trinajstić information content (AvgIpc) is 2.72. The van der Waals surface area contributed by atoms with E-state index in [2.05, 4.69) is 15.1 Å². The Hall–Kier alpha value is -2.70. The van der Waals surface area contributed by atoms with Crippen LogP contribution in [0.1, 0.15) is 5.82 Å². The van der Waals surface area contributed by atoms with Gasteiger partial charge in [0.05, 0.1) is 0 Å². The van der Waals surface area contributed by atoms with E-state index in [1.807, 2.05) is 0 Å². The van der Waals surface area contributed by atoms with Gasteiger partial charge in [0, 0.05) is 0 Å². The minimum Gasteiger partial charge on any atom is -0.493 e. The second-order valence-electron chi connectivity index (χ2n) is 4.05. The number of aromatic amines is 1. The van der Waals surface area contributed by atoms with Crippen LogP contribution in [0.3, 0.4) is 0 Å². The van der Waals surface area contributed by atoms with Crippen LogP contribution in [0.25, 0.3) is 16.9 Å². The number of hydrogen-bond acceptors (Lipinski definition) is 4. The van der Waals surface area contributed by atoms with E-state index in [-0.39, 0.29) is 17.2 Å². The van der Waals surface area contributed by atoms with Crippen molar-refractivity contribution in [2.24, 2.45) is 0 Å². The Kier molecular flexibility index (Phi) is 2.34. The molecule has 2 heterocycles. The minimum atomic E-state index is -0.510. The number of nitrogens with one attached hydrogen (secondary N) is 1. The maximum Gasteiger partial charge on any atom is 0.264 e. The maximum absolute atomic E-state index is 12.9. The standard InChI is InChI=1S/C12H9FN4O2/c1-6-14-12-15-10(18)9(11(19)17(12)16-6)7-2-4-8(13)5-3-7/h2-5,19H,1H3,(H,14,15,16,18). The quantitative estimate of drug-likeness (QED) is 0.689. The molecule has 3 rings (SSSR count). The van der Waals surface area contributed by atoms with Gasteiger partial charge in [-0.2, -0.15) is 9.50 Å². The second-order valence-corrected chi connectivity index (χ2v) is 4.05. The van der Waals surface area contributed by atoms with Crippen LogP contribution in [0.4, 0.5) is 4.39 Å². The molecule has 0 saturated heterocycles. The molecule has 1 aromatic carbocycles. The molecule has 2 N–H and O–H groups in total. The predicted molar refractivity (Wildman–Crippen MR) is 65.4 cm³/mol. The van der Waals surface area contributed by atoms with Crippen molar-refractivity contribution < 1.29 is 9.50 Å². The van der Waals surface area contributed by atoms with E-state index in [1.54, 1.807) is 6.92 Å². The molecule has 19 heavy (non-hydrogen) atoms. The van der Waals surface area contributed by atoms with Gasteiger partial charge in [-0.05, 0) is 24.6 Å². The van der Waals surface area contributed by atoms with Crippen LogP contribution in [0.2, 0.25) is 0 Å². The van der Waals surface area contributed by atoms with E-state index in [9.17, 15) is 14.3 Å². The molecule has 7 heteroatoms. The first-order valence-electron chi connectivity index (χ1n) is 5.51. The number of rotatable bonds is 1. The molecule has 0 atom stereocenters. The molecule has 0 fully saturated rings. The third kappa shape index (κ3) is 1.75. The number of aryl methyl sites for hydroxylation is 1. The van der Waals surface area contributed by atoms with Gasteiger partial charge < -0.3 is 5.11 Å². The molecular formula is C12H9FN4O2. The Bertz CT molecular complexity index is 820. The number of benzene rings is 1. The van der Waals surface area contributed by atoms with Gasteiger partial charge >= 0.3 is 0 Å². The number of aromatic hydroxyl groups is 1. The van der Waals surface area contributed by atoms with Gasteiger partial charge in [-0.25, -0.2) is 4.39 Å². The molecule has 0 aliphatic heterocycles. The monoisotopic (exact) mass is 260 g/mol. The minimum absolute atomic E-state index is 0.0254. The first kappa shape index (κ1) is 11.4. The van der Waals surface area contributed by atoms with Crippen molar-refractivity contribution in [2.45, 2.75) is 6.92 Å². The summed E-state index contributed by atoms with van der Waals surface area (Å²) < 4.78 is 14.0. The lowest BCUT2D eigenvalue weighted by molar-refractivity contribution is 0.436. The van der Waals surface area contributed by atoms with Crippen molar-refractivity contribution >= 4 is 5.78 Å². The highest BCUT2D eigenvalue weighted by molar-refractivity contribution is 5.68. The van der Waals surface area contributed by atoms with Crippen LogP contribution < -0.4 is 5.56 Å². The number of H-pyrrole nitrogens is 1. The molecule has 0 bridgehead atoms. The Morgan fingerprint density at radius 3 is 2.68 bits per heavy atom. The summed E-state index contributed by atoms with van der Waals surface area (Å²) in [6.07, 6.45) is 0. The number of nitrogens with zero attached hydrogens (tertiary/aromatic N) is 3. The Morgan fingerprint density at radius 2 is 2.00 bits per heavy atom. The number of hydrogen-bond donors (Lipinski definition) is 2. The maximum atomic E-state index is 12.9. The van der Waals surface area contributed by atoms with E-state index < -0.39 is 11.4 Å². The molecule has 0 amide bonds. The zero-order valence-electron chi connectivity index (χ0n) is 9.88. The lowest BCUT2D eigenvalue weighted by Crippen LogP contribution is -2.12. The summed E-state index contributed by atoms with van der Waals surface area (Å²) in [6.45, 7) is 1.64. The van der Waals surface area contributed by atoms with Crippen molar-refractivity contribution in [1.29, 1.82) is 0 Å². The summed E-state index contributed by atoms with van der Waals surface area (Å²) in [4.78, 5) is 18.4. The molecule has 0 aliphatic carbocycles. The molecule has 0 unspecified atom stereocenters. The van der Waals surface area contributed by atoms with Gasteiger partial charge in [0.2, 0.25) is 11.7 Å². The van der Waals surface area contributed by atoms with Crippen molar-refractivity contribution in [3.8, 4) is 17.0 Å². The van der Waals surface area contributed by atoms with Gasteiger partial charge in [0.1, 0.15) is 17.2 Å². The summed E-state index contributed by atoms with van der Waals surface area (Å²) in [5.74, 6) is -0.170. The summed E-state index contributed by atoms with van der Waals surface area (Å²) in [6, 6.07) is 5.25. The molecule has 3 aromatic rings. The summed E-state index contributed by atoms with van der Waals surface area (Å²) in [5, 5.41) is 14.1. The molecule has 0 aliphatic rings. The predicted octanol–water partition coefficient (Wildman–Crippen LogP) is 1.24. The average molecular weight is 260 g/mol. The van der Waals surface area contributed by atoms with Gasteiger partial charge in [-0.15, -0.1) is 5.10 Å². The zero-order valence-corrected chi connectivity index (χ0v) is 9.88. The van der Waals surface area contributed by atoms with Crippen molar-refractivity contribution in [1.82, 2.24) is 19.6 Å². The smallest absolute Gasteiger partial charge is 0.264 e. The summed E-state index contributed by atoms with van der Waals surface area (Å²) in [5.41, 5.74) is -0.0865. The molecule has 6 nitrogen and oxygen atoms in total. The number of halogens is 1. The van der Waals surface area contributed by atoms with Crippen molar-refractivity contribution in [3.05, 3.63) is 46.3 Å². The van der Waals surface area contributed by atoms with Gasteiger partial charge in [-0.3, -0.25) is 9.78 Å². The molecular weight excluding hydrogens is 251 g/mol. The van der Waals surface area contributed by atoms with E-state index in [0.29, 0.717) is 11.4 Å². The second kappa shape index (κ2) is 3.91. The fourth-order valence-electron chi connectivity index (χ4n) is 1.89. The Balaban J connectivity index is 2.34. The fourth-order valence-corrected chi connectivity index (χ4v) is 1.89. The largest absolute Gasteiger partial charge is 0.493 e. The third-order valence-electron chi connectivity index (χ3n) is 2.72. The normalized spacial score (nSPS) is 11.1. The third-order valence-corrected chi connectivity index (χ3v) is 2.72. The van der Waals surface area contributed by atoms with Crippen LogP contribution in [-0.4, -0.2) is 24.7 Å². The number of fused-ring (bicyclic) bond motifs is 1. The summed E-state index contributed by atoms with van der Waals surface area (Å²) in [7, 11) is 0. The van der Waals surface area contributed by atoms with E-state index >= 15 is 0 Å². The first-order chi connectivity index (χ1) is 9.06. The molecule has 2 aromatic heterocycles. The SMILES string of the molecule is Cc1nc2[nH]c(=O)c(-c3ccc(F)cc3)c(O)n2n1. The highest BCUT2D eigenvalue weighted by Crippen LogP contribution is 2.25. The lowest BCUT2D eigenvalue weighted by Gasteiger charge is -2.04. The first-order valence-corrected chi connectivity index (χ1v) is 5.51. The van der Waals surface area contributed by atoms with Crippen molar-refractivity contribution in [2.75, 3.05) is 0 Å². The molecule has 0 radical (unpaired) electrons.